The zero-order valence-electron chi connectivity index (χ0n) is 11.5. The standard InChI is InChI=1S/C14H13ClN4O2/c1-19-14(20)12-9(7-11(15)17-13(12)18-19)16-8-5-3-4-6-10(8)21-2/h3-7H,1-2H3,(H2,16,17,18). The summed E-state index contributed by atoms with van der Waals surface area (Å²) in [6, 6.07) is 9.05. The summed E-state index contributed by atoms with van der Waals surface area (Å²) in [7, 11) is 3.22. The summed E-state index contributed by atoms with van der Waals surface area (Å²) in [4.78, 5) is 16.3. The van der Waals surface area contributed by atoms with Gasteiger partial charge in [-0.05, 0) is 18.2 Å². The number of pyridine rings is 1. The van der Waals surface area contributed by atoms with E-state index in [1.807, 2.05) is 24.3 Å². The van der Waals surface area contributed by atoms with Crippen LogP contribution in [0.5, 0.6) is 5.75 Å². The molecular formula is C14H13ClN4O2. The number of fused-ring (bicyclic) bond motifs is 1. The van der Waals surface area contributed by atoms with E-state index >= 15 is 0 Å². The highest BCUT2D eigenvalue weighted by Crippen LogP contribution is 2.30. The number of ether oxygens (including phenoxy) is 1. The van der Waals surface area contributed by atoms with Gasteiger partial charge in [0.25, 0.3) is 5.56 Å². The van der Waals surface area contributed by atoms with Gasteiger partial charge in [-0.25, -0.2) is 4.98 Å². The Morgan fingerprint density at radius 2 is 2.10 bits per heavy atom. The second-order valence-corrected chi connectivity index (χ2v) is 4.90. The lowest BCUT2D eigenvalue weighted by Crippen LogP contribution is -2.12. The van der Waals surface area contributed by atoms with Gasteiger partial charge in [0.05, 0.1) is 18.5 Å². The van der Waals surface area contributed by atoms with Crippen molar-refractivity contribution >= 4 is 34.0 Å². The quantitative estimate of drug-likeness (QED) is 0.730. The molecule has 21 heavy (non-hydrogen) atoms. The molecule has 2 aromatic heterocycles. The number of nitrogens with zero attached hydrogens (tertiary/aromatic N) is 2. The third kappa shape index (κ3) is 2.34. The van der Waals surface area contributed by atoms with E-state index in [0.717, 1.165) is 5.69 Å². The smallest absolute Gasteiger partial charge is 0.277 e. The zero-order chi connectivity index (χ0) is 15.0. The first-order valence-electron chi connectivity index (χ1n) is 6.25. The molecule has 0 atom stereocenters. The summed E-state index contributed by atoms with van der Waals surface area (Å²) >= 11 is 6.01. The van der Waals surface area contributed by atoms with Crippen LogP contribution in [0, 0.1) is 0 Å². The van der Waals surface area contributed by atoms with Gasteiger partial charge in [-0.2, -0.15) is 0 Å². The van der Waals surface area contributed by atoms with Gasteiger partial charge in [0.15, 0.2) is 5.65 Å². The minimum Gasteiger partial charge on any atom is -0.495 e. The Bertz CT molecular complexity index is 869. The fourth-order valence-corrected chi connectivity index (χ4v) is 2.37. The molecule has 0 saturated heterocycles. The second-order valence-electron chi connectivity index (χ2n) is 4.52. The summed E-state index contributed by atoms with van der Waals surface area (Å²) < 4.78 is 6.66. The largest absolute Gasteiger partial charge is 0.495 e. The molecule has 2 N–H and O–H groups in total. The predicted octanol–water partition coefficient (Wildman–Crippen LogP) is 2.67. The highest BCUT2D eigenvalue weighted by molar-refractivity contribution is 6.30. The molecule has 0 aliphatic carbocycles. The summed E-state index contributed by atoms with van der Waals surface area (Å²) in [5.41, 5.74) is 1.59. The van der Waals surface area contributed by atoms with E-state index in [4.69, 9.17) is 16.3 Å². The number of aryl methyl sites for hydroxylation is 1. The van der Waals surface area contributed by atoms with E-state index < -0.39 is 0 Å². The summed E-state index contributed by atoms with van der Waals surface area (Å²) in [6.45, 7) is 0. The lowest BCUT2D eigenvalue weighted by molar-refractivity contribution is 0.417. The van der Waals surface area contributed by atoms with Crippen LogP contribution in [0.1, 0.15) is 0 Å². The van der Waals surface area contributed by atoms with Gasteiger partial charge >= 0.3 is 0 Å². The minimum atomic E-state index is -0.174. The highest BCUT2D eigenvalue weighted by Gasteiger charge is 2.13. The first-order valence-corrected chi connectivity index (χ1v) is 6.63. The van der Waals surface area contributed by atoms with Crippen LogP contribution in [0.25, 0.3) is 11.0 Å². The number of hydrogen-bond acceptors (Lipinski definition) is 4. The van der Waals surface area contributed by atoms with E-state index in [-0.39, 0.29) is 5.56 Å². The number of anilines is 2. The molecule has 7 heteroatoms. The van der Waals surface area contributed by atoms with Crippen molar-refractivity contribution in [2.45, 2.75) is 0 Å². The molecule has 6 nitrogen and oxygen atoms in total. The van der Waals surface area contributed by atoms with Crippen LogP contribution in [0.4, 0.5) is 11.4 Å². The average Bonchev–Trinajstić information content (AvgIpc) is 2.74. The fourth-order valence-electron chi connectivity index (χ4n) is 2.18. The van der Waals surface area contributed by atoms with Crippen molar-refractivity contribution < 1.29 is 4.74 Å². The van der Waals surface area contributed by atoms with Crippen molar-refractivity contribution in [2.24, 2.45) is 7.05 Å². The molecule has 0 amide bonds. The monoisotopic (exact) mass is 304 g/mol. The van der Waals surface area contributed by atoms with Crippen molar-refractivity contribution in [1.29, 1.82) is 0 Å². The Morgan fingerprint density at radius 1 is 1.33 bits per heavy atom. The van der Waals surface area contributed by atoms with Gasteiger partial charge < -0.3 is 10.1 Å². The number of para-hydroxylation sites is 2. The maximum Gasteiger partial charge on any atom is 0.277 e. The van der Waals surface area contributed by atoms with Gasteiger partial charge in [0.1, 0.15) is 16.3 Å². The number of aromatic amines is 1. The van der Waals surface area contributed by atoms with Gasteiger partial charge in [-0.15, -0.1) is 0 Å². The van der Waals surface area contributed by atoms with Gasteiger partial charge in [-0.3, -0.25) is 14.6 Å². The Balaban J connectivity index is 2.18. The van der Waals surface area contributed by atoms with E-state index in [9.17, 15) is 4.79 Å². The number of aromatic nitrogens is 3. The maximum absolute atomic E-state index is 12.2. The number of rotatable bonds is 3. The van der Waals surface area contributed by atoms with Crippen LogP contribution in [0.2, 0.25) is 5.15 Å². The zero-order valence-corrected chi connectivity index (χ0v) is 12.2. The summed E-state index contributed by atoms with van der Waals surface area (Å²) in [5.74, 6) is 0.672. The Hall–Kier alpha value is -2.47. The van der Waals surface area contributed by atoms with E-state index in [0.29, 0.717) is 27.6 Å². The van der Waals surface area contributed by atoms with Crippen LogP contribution in [0.15, 0.2) is 35.1 Å². The summed E-state index contributed by atoms with van der Waals surface area (Å²) in [6.07, 6.45) is 0. The lowest BCUT2D eigenvalue weighted by atomic mass is 10.2. The van der Waals surface area contributed by atoms with E-state index in [2.05, 4.69) is 15.4 Å². The lowest BCUT2D eigenvalue weighted by Gasteiger charge is -2.11. The SMILES string of the molecule is COc1ccccc1Nc1cc(Cl)nc2[nH]n(C)c(=O)c12. The van der Waals surface area contributed by atoms with Gasteiger partial charge in [0.2, 0.25) is 0 Å². The Morgan fingerprint density at radius 3 is 2.86 bits per heavy atom. The predicted molar refractivity (Wildman–Crippen MR) is 82.6 cm³/mol. The molecule has 3 aromatic rings. The first kappa shape index (κ1) is 13.5. The normalized spacial score (nSPS) is 10.8. The Kier molecular flexibility index (Phi) is 3.31. The molecular weight excluding hydrogens is 292 g/mol. The molecule has 0 radical (unpaired) electrons. The van der Waals surface area contributed by atoms with E-state index in [1.165, 1.54) is 4.68 Å². The second kappa shape index (κ2) is 5.14. The number of hydrogen-bond donors (Lipinski definition) is 2. The number of benzene rings is 1. The molecule has 0 bridgehead atoms. The highest BCUT2D eigenvalue weighted by atomic mass is 35.5. The average molecular weight is 305 g/mol. The fraction of sp³-hybridized carbons (Fsp3) is 0.143. The first-order chi connectivity index (χ1) is 10.1. The van der Waals surface area contributed by atoms with Crippen molar-refractivity contribution in [3.63, 3.8) is 0 Å². The molecule has 2 heterocycles. The van der Waals surface area contributed by atoms with Crippen LogP contribution >= 0.6 is 11.6 Å². The number of methoxy groups -OCH3 is 1. The van der Waals surface area contributed by atoms with E-state index in [1.54, 1.807) is 20.2 Å². The van der Waals surface area contributed by atoms with Crippen molar-refractivity contribution in [2.75, 3.05) is 12.4 Å². The Labute approximate surface area is 125 Å². The molecule has 0 spiro atoms. The van der Waals surface area contributed by atoms with Crippen LogP contribution in [-0.2, 0) is 7.05 Å². The maximum atomic E-state index is 12.2. The van der Waals surface area contributed by atoms with Crippen molar-refractivity contribution in [1.82, 2.24) is 14.8 Å². The van der Waals surface area contributed by atoms with Gasteiger partial charge in [0, 0.05) is 7.05 Å². The van der Waals surface area contributed by atoms with Crippen molar-refractivity contribution in [3.8, 4) is 5.75 Å². The van der Waals surface area contributed by atoms with Crippen LogP contribution < -0.4 is 15.6 Å². The van der Waals surface area contributed by atoms with Crippen LogP contribution in [0.3, 0.4) is 0 Å². The number of H-pyrrole nitrogens is 1. The molecule has 0 aliphatic rings. The van der Waals surface area contributed by atoms with Crippen molar-refractivity contribution in [3.05, 3.63) is 45.8 Å². The number of halogens is 1. The summed E-state index contributed by atoms with van der Waals surface area (Å²) in [5, 5.41) is 6.78. The third-order valence-corrected chi connectivity index (χ3v) is 3.35. The molecule has 1 aromatic carbocycles. The molecule has 0 saturated carbocycles. The molecule has 0 unspecified atom stereocenters. The topological polar surface area (TPSA) is 71.9 Å². The minimum absolute atomic E-state index is 0.174. The molecule has 3 rings (SSSR count). The molecule has 0 fully saturated rings. The molecule has 108 valence electrons. The molecule has 0 aliphatic heterocycles. The number of nitrogens with one attached hydrogen (secondary N) is 2. The third-order valence-electron chi connectivity index (χ3n) is 3.16. The van der Waals surface area contributed by atoms with Crippen LogP contribution in [-0.4, -0.2) is 21.9 Å². The van der Waals surface area contributed by atoms with Gasteiger partial charge in [-0.1, -0.05) is 23.7 Å².